The van der Waals surface area contributed by atoms with E-state index in [0.29, 0.717) is 12.6 Å². The fourth-order valence-electron chi connectivity index (χ4n) is 2.77. The largest absolute Gasteiger partial charge is 0.374 e. The Labute approximate surface area is 113 Å². The number of hydrogen-bond donors (Lipinski definition) is 0. The summed E-state index contributed by atoms with van der Waals surface area (Å²) >= 11 is 4.96. The molecule has 0 unspecified atom stereocenters. The first-order valence-corrected chi connectivity index (χ1v) is 7.59. The summed E-state index contributed by atoms with van der Waals surface area (Å²) in [5, 5.41) is 1.92. The van der Waals surface area contributed by atoms with Gasteiger partial charge in [0.15, 0.2) is 0 Å². The Bertz CT molecular complexity index is 434. The van der Waals surface area contributed by atoms with Crippen LogP contribution in [-0.2, 0) is 4.74 Å². The highest BCUT2D eigenvalue weighted by Crippen LogP contribution is 2.31. The van der Waals surface area contributed by atoms with E-state index in [9.17, 15) is 4.79 Å². The topological polar surface area (TPSA) is 29.5 Å². The molecule has 92 valence electrons. The first-order chi connectivity index (χ1) is 8.25. The molecule has 1 saturated carbocycles. The van der Waals surface area contributed by atoms with Gasteiger partial charge in [-0.2, -0.15) is 0 Å². The van der Waals surface area contributed by atoms with Crippen LogP contribution in [0.1, 0.15) is 29.6 Å². The second-order valence-electron chi connectivity index (χ2n) is 4.55. The van der Waals surface area contributed by atoms with E-state index in [1.807, 2.05) is 16.3 Å². The molecule has 2 atom stereocenters. The number of amides is 1. The molecule has 0 spiro atoms. The number of carbonyl (C=O) groups excluding carboxylic acids is 1. The van der Waals surface area contributed by atoms with Crippen LogP contribution in [0.2, 0.25) is 0 Å². The lowest BCUT2D eigenvalue weighted by Crippen LogP contribution is -2.51. The van der Waals surface area contributed by atoms with Crippen molar-refractivity contribution in [3.63, 3.8) is 0 Å². The zero-order valence-electron chi connectivity index (χ0n) is 9.39. The Balaban J connectivity index is 1.81. The van der Waals surface area contributed by atoms with Gasteiger partial charge in [-0.25, -0.2) is 0 Å². The number of thiophene rings is 1. The molecule has 0 aromatic carbocycles. The Hall–Kier alpha value is -0.390. The first-order valence-electron chi connectivity index (χ1n) is 5.92. The third kappa shape index (κ3) is 2.16. The van der Waals surface area contributed by atoms with Crippen LogP contribution in [-0.4, -0.2) is 36.1 Å². The molecule has 1 aliphatic heterocycles. The maximum Gasteiger partial charge on any atom is 0.255 e. The summed E-state index contributed by atoms with van der Waals surface area (Å²) in [4.78, 5) is 14.4. The van der Waals surface area contributed by atoms with Gasteiger partial charge in [-0.05, 0) is 41.3 Å². The Kier molecular flexibility index (Phi) is 3.23. The average molecular weight is 316 g/mol. The number of carbonyl (C=O) groups is 1. The number of ether oxygens (including phenoxy) is 1. The van der Waals surface area contributed by atoms with Gasteiger partial charge in [-0.3, -0.25) is 4.79 Å². The first kappa shape index (κ1) is 11.7. The SMILES string of the molecule is O=C(c1csc(Br)c1)N1CCO[C@H]2CCC[C@H]21. The van der Waals surface area contributed by atoms with Gasteiger partial charge in [0.25, 0.3) is 5.91 Å². The van der Waals surface area contributed by atoms with Crippen LogP contribution >= 0.6 is 27.3 Å². The third-order valence-corrected chi connectivity index (χ3v) is 5.06. The summed E-state index contributed by atoms with van der Waals surface area (Å²) in [5.74, 6) is 0.159. The van der Waals surface area contributed by atoms with Gasteiger partial charge in [-0.1, -0.05) is 0 Å². The summed E-state index contributed by atoms with van der Waals surface area (Å²) in [7, 11) is 0. The van der Waals surface area contributed by atoms with Crippen molar-refractivity contribution >= 4 is 33.2 Å². The number of fused-ring (bicyclic) bond motifs is 1. The van der Waals surface area contributed by atoms with Gasteiger partial charge in [-0.15, -0.1) is 11.3 Å². The fraction of sp³-hybridized carbons (Fsp3) is 0.583. The lowest BCUT2D eigenvalue weighted by molar-refractivity contribution is -0.0445. The molecule has 2 heterocycles. The van der Waals surface area contributed by atoms with Crippen LogP contribution in [0.4, 0.5) is 0 Å². The number of morpholine rings is 1. The van der Waals surface area contributed by atoms with Gasteiger partial charge in [0.1, 0.15) is 0 Å². The molecule has 2 fully saturated rings. The van der Waals surface area contributed by atoms with Gasteiger partial charge in [0.2, 0.25) is 0 Å². The van der Waals surface area contributed by atoms with E-state index in [1.54, 1.807) is 11.3 Å². The minimum absolute atomic E-state index is 0.159. The van der Waals surface area contributed by atoms with Crippen LogP contribution in [0.3, 0.4) is 0 Å². The van der Waals surface area contributed by atoms with Crippen molar-refractivity contribution in [2.75, 3.05) is 13.2 Å². The molecule has 0 radical (unpaired) electrons. The maximum atomic E-state index is 12.4. The van der Waals surface area contributed by atoms with E-state index in [0.717, 1.165) is 28.7 Å². The minimum atomic E-state index is 0.159. The summed E-state index contributed by atoms with van der Waals surface area (Å²) < 4.78 is 6.73. The Morgan fingerprint density at radius 3 is 3.18 bits per heavy atom. The Morgan fingerprint density at radius 1 is 1.53 bits per heavy atom. The average Bonchev–Trinajstić information content (AvgIpc) is 2.95. The molecular weight excluding hydrogens is 302 g/mol. The highest BCUT2D eigenvalue weighted by molar-refractivity contribution is 9.11. The maximum absolute atomic E-state index is 12.4. The van der Waals surface area contributed by atoms with Crippen molar-refractivity contribution in [1.29, 1.82) is 0 Å². The molecule has 5 heteroatoms. The molecule has 1 amide bonds. The van der Waals surface area contributed by atoms with Crippen molar-refractivity contribution < 1.29 is 9.53 Å². The summed E-state index contributed by atoms with van der Waals surface area (Å²) in [6, 6.07) is 2.21. The third-order valence-electron chi connectivity index (χ3n) is 3.56. The highest BCUT2D eigenvalue weighted by Gasteiger charge is 2.38. The molecular formula is C12H14BrNO2S. The fourth-order valence-corrected chi connectivity index (χ4v) is 3.90. The summed E-state index contributed by atoms with van der Waals surface area (Å²) in [6.07, 6.45) is 3.63. The van der Waals surface area contributed by atoms with E-state index in [1.165, 1.54) is 6.42 Å². The molecule has 2 aliphatic rings. The van der Waals surface area contributed by atoms with Crippen LogP contribution < -0.4 is 0 Å². The summed E-state index contributed by atoms with van der Waals surface area (Å²) in [6.45, 7) is 1.41. The second kappa shape index (κ2) is 4.71. The smallest absolute Gasteiger partial charge is 0.255 e. The van der Waals surface area contributed by atoms with Gasteiger partial charge >= 0.3 is 0 Å². The second-order valence-corrected chi connectivity index (χ2v) is 6.84. The van der Waals surface area contributed by atoms with Crippen LogP contribution in [0.5, 0.6) is 0 Å². The standard InChI is InChI=1S/C12H14BrNO2S/c13-11-6-8(7-17-11)12(15)14-4-5-16-10-3-1-2-9(10)14/h6-7,9-10H,1-5H2/t9-,10+/m1/s1. The number of halogens is 1. The lowest BCUT2D eigenvalue weighted by atomic mass is 10.1. The van der Waals surface area contributed by atoms with Crippen LogP contribution in [0, 0.1) is 0 Å². The van der Waals surface area contributed by atoms with E-state index in [4.69, 9.17) is 4.74 Å². The number of rotatable bonds is 1. The number of hydrogen-bond acceptors (Lipinski definition) is 3. The quantitative estimate of drug-likeness (QED) is 0.797. The van der Waals surface area contributed by atoms with E-state index < -0.39 is 0 Å². The molecule has 0 bridgehead atoms. The predicted molar refractivity (Wildman–Crippen MR) is 70.4 cm³/mol. The van der Waals surface area contributed by atoms with Gasteiger partial charge in [0, 0.05) is 11.9 Å². The van der Waals surface area contributed by atoms with Crippen molar-refractivity contribution in [2.45, 2.75) is 31.4 Å². The zero-order valence-corrected chi connectivity index (χ0v) is 11.8. The van der Waals surface area contributed by atoms with Gasteiger partial charge in [0.05, 0.1) is 28.1 Å². The van der Waals surface area contributed by atoms with Gasteiger partial charge < -0.3 is 9.64 Å². The summed E-state index contributed by atoms with van der Waals surface area (Å²) in [5.41, 5.74) is 0.800. The molecule has 1 aromatic heterocycles. The van der Waals surface area contributed by atoms with Crippen LogP contribution in [0.15, 0.2) is 15.2 Å². The highest BCUT2D eigenvalue weighted by atomic mass is 79.9. The lowest BCUT2D eigenvalue weighted by Gasteiger charge is -2.37. The predicted octanol–water partition coefficient (Wildman–Crippen LogP) is 2.90. The molecule has 1 aliphatic carbocycles. The van der Waals surface area contributed by atoms with E-state index >= 15 is 0 Å². The van der Waals surface area contributed by atoms with E-state index in [2.05, 4.69) is 15.9 Å². The molecule has 1 aromatic rings. The molecule has 3 nitrogen and oxygen atoms in total. The van der Waals surface area contributed by atoms with Crippen molar-refractivity contribution in [3.8, 4) is 0 Å². The normalized spacial score (nSPS) is 28.2. The zero-order chi connectivity index (χ0) is 11.8. The molecule has 3 rings (SSSR count). The van der Waals surface area contributed by atoms with Crippen molar-refractivity contribution in [3.05, 3.63) is 20.8 Å². The molecule has 0 N–H and O–H groups in total. The van der Waals surface area contributed by atoms with E-state index in [-0.39, 0.29) is 12.0 Å². The van der Waals surface area contributed by atoms with Crippen molar-refractivity contribution in [2.24, 2.45) is 0 Å². The molecule has 1 saturated heterocycles. The van der Waals surface area contributed by atoms with Crippen molar-refractivity contribution in [1.82, 2.24) is 4.90 Å². The number of nitrogens with zero attached hydrogens (tertiary/aromatic N) is 1. The Morgan fingerprint density at radius 2 is 2.41 bits per heavy atom. The monoisotopic (exact) mass is 315 g/mol. The van der Waals surface area contributed by atoms with Crippen LogP contribution in [0.25, 0.3) is 0 Å². The molecule has 17 heavy (non-hydrogen) atoms. The minimum Gasteiger partial charge on any atom is -0.374 e.